The van der Waals surface area contributed by atoms with E-state index in [1.807, 2.05) is 13.1 Å². The number of aryl methyl sites for hydroxylation is 2. The van der Waals surface area contributed by atoms with Crippen molar-refractivity contribution in [2.75, 3.05) is 0 Å². The Labute approximate surface area is 73.9 Å². The maximum absolute atomic E-state index is 4.46. The van der Waals surface area contributed by atoms with E-state index in [2.05, 4.69) is 30.0 Å². The van der Waals surface area contributed by atoms with Crippen molar-refractivity contribution >= 4 is 6.20 Å². The van der Waals surface area contributed by atoms with Gasteiger partial charge in [0, 0.05) is 11.9 Å². The molecule has 0 saturated carbocycles. The van der Waals surface area contributed by atoms with Crippen molar-refractivity contribution in [2.45, 2.75) is 33.6 Å². The maximum Gasteiger partial charge on any atom is 0.110 e. The van der Waals surface area contributed by atoms with Gasteiger partial charge < -0.3 is 4.57 Å². The van der Waals surface area contributed by atoms with Crippen molar-refractivity contribution in [3.8, 4) is 0 Å². The van der Waals surface area contributed by atoms with E-state index in [9.17, 15) is 0 Å². The summed E-state index contributed by atoms with van der Waals surface area (Å²) in [5.41, 5.74) is 2.50. The highest BCUT2D eigenvalue weighted by Gasteiger charge is 2.08. The van der Waals surface area contributed by atoms with Crippen LogP contribution in [0, 0.1) is 6.92 Å². The number of nitrogens with zero attached hydrogens (tertiary/aromatic N) is 2. The van der Waals surface area contributed by atoms with Crippen LogP contribution in [0.3, 0.4) is 0 Å². The molecule has 0 spiro atoms. The fourth-order valence-electron chi connectivity index (χ4n) is 1.55. The van der Waals surface area contributed by atoms with E-state index < -0.39 is 0 Å². The molecule has 0 N–H and O–H groups in total. The normalized spacial score (nSPS) is 10.2. The predicted octanol–water partition coefficient (Wildman–Crippen LogP) is 2.42. The lowest BCUT2D eigenvalue weighted by Crippen LogP contribution is -1.96. The molecule has 66 valence electrons. The Morgan fingerprint density at radius 1 is 1.42 bits per heavy atom. The van der Waals surface area contributed by atoms with Gasteiger partial charge in [-0.25, -0.2) is 4.98 Å². The third kappa shape index (κ3) is 1.29. The number of rotatable bonds is 3. The van der Waals surface area contributed by atoms with Crippen molar-refractivity contribution in [2.24, 2.45) is 0 Å². The minimum absolute atomic E-state index is 1.00. The third-order valence-corrected chi connectivity index (χ3v) is 2.12. The van der Waals surface area contributed by atoms with Gasteiger partial charge in [-0.1, -0.05) is 20.4 Å². The lowest BCUT2D eigenvalue weighted by molar-refractivity contribution is 0.924. The second-order valence-electron chi connectivity index (χ2n) is 2.81. The standard InChI is InChI=1S/C10H16N2/c1-5-9-10(6-2)12(7-3)8(4)11-9/h7H,3,5-6H2,1-2,4H3. The van der Waals surface area contributed by atoms with Gasteiger partial charge in [-0.15, -0.1) is 0 Å². The number of hydrogen-bond donors (Lipinski definition) is 0. The van der Waals surface area contributed by atoms with E-state index in [1.165, 1.54) is 11.4 Å². The maximum atomic E-state index is 4.46. The van der Waals surface area contributed by atoms with Crippen LogP contribution in [0.15, 0.2) is 6.58 Å². The van der Waals surface area contributed by atoms with Gasteiger partial charge in [0.05, 0.1) is 5.69 Å². The fourth-order valence-corrected chi connectivity index (χ4v) is 1.55. The Balaban J connectivity index is 3.25. The molecule has 0 aromatic carbocycles. The second-order valence-corrected chi connectivity index (χ2v) is 2.81. The topological polar surface area (TPSA) is 17.8 Å². The molecule has 0 bridgehead atoms. The molecular formula is C10H16N2. The van der Waals surface area contributed by atoms with Crippen LogP contribution in [0.5, 0.6) is 0 Å². The molecule has 0 fully saturated rings. The Kier molecular flexibility index (Phi) is 2.69. The van der Waals surface area contributed by atoms with E-state index in [1.54, 1.807) is 0 Å². The van der Waals surface area contributed by atoms with E-state index >= 15 is 0 Å². The highest BCUT2D eigenvalue weighted by molar-refractivity contribution is 5.30. The average molecular weight is 164 g/mol. The molecule has 0 amide bonds. The molecule has 1 aromatic heterocycles. The summed E-state index contributed by atoms with van der Waals surface area (Å²) in [5.74, 6) is 1.04. The number of imidazole rings is 1. The summed E-state index contributed by atoms with van der Waals surface area (Å²) in [7, 11) is 0. The van der Waals surface area contributed by atoms with Crippen molar-refractivity contribution in [1.29, 1.82) is 0 Å². The molecule has 0 aliphatic carbocycles. The van der Waals surface area contributed by atoms with Crippen molar-refractivity contribution < 1.29 is 0 Å². The molecule has 1 aromatic rings. The van der Waals surface area contributed by atoms with Gasteiger partial charge in [0.15, 0.2) is 0 Å². The summed E-state index contributed by atoms with van der Waals surface area (Å²) in [6, 6.07) is 0. The Morgan fingerprint density at radius 3 is 2.50 bits per heavy atom. The van der Waals surface area contributed by atoms with Gasteiger partial charge in [0.1, 0.15) is 5.82 Å². The predicted molar refractivity (Wildman–Crippen MR) is 52.1 cm³/mol. The zero-order valence-corrected chi connectivity index (χ0v) is 8.09. The third-order valence-electron chi connectivity index (χ3n) is 2.12. The van der Waals surface area contributed by atoms with Crippen LogP contribution in [0.2, 0.25) is 0 Å². The Hall–Kier alpha value is -1.05. The van der Waals surface area contributed by atoms with E-state index in [-0.39, 0.29) is 0 Å². The first kappa shape index (κ1) is 9.04. The Morgan fingerprint density at radius 2 is 2.08 bits per heavy atom. The van der Waals surface area contributed by atoms with Crippen LogP contribution in [0.25, 0.3) is 6.20 Å². The largest absolute Gasteiger partial charge is 0.308 e. The smallest absolute Gasteiger partial charge is 0.110 e. The van der Waals surface area contributed by atoms with E-state index in [0.29, 0.717) is 0 Å². The van der Waals surface area contributed by atoms with Crippen molar-refractivity contribution in [3.05, 3.63) is 23.8 Å². The molecule has 2 heteroatoms. The van der Waals surface area contributed by atoms with Gasteiger partial charge in [0.2, 0.25) is 0 Å². The summed E-state index contributed by atoms with van der Waals surface area (Å²) in [6.07, 6.45) is 3.86. The quantitative estimate of drug-likeness (QED) is 0.670. The van der Waals surface area contributed by atoms with Crippen LogP contribution in [-0.4, -0.2) is 9.55 Å². The van der Waals surface area contributed by atoms with Crippen LogP contribution < -0.4 is 0 Å². The van der Waals surface area contributed by atoms with E-state index in [0.717, 1.165) is 18.7 Å². The average Bonchev–Trinajstić information content (AvgIpc) is 2.40. The number of aromatic nitrogens is 2. The molecule has 0 aliphatic rings. The van der Waals surface area contributed by atoms with Crippen LogP contribution in [0.4, 0.5) is 0 Å². The minimum atomic E-state index is 1.00. The molecule has 0 aliphatic heterocycles. The summed E-state index contributed by atoms with van der Waals surface area (Å²) < 4.78 is 2.07. The van der Waals surface area contributed by atoms with Gasteiger partial charge in [0.25, 0.3) is 0 Å². The van der Waals surface area contributed by atoms with Gasteiger partial charge >= 0.3 is 0 Å². The fraction of sp³-hybridized carbons (Fsp3) is 0.500. The molecule has 2 nitrogen and oxygen atoms in total. The molecule has 1 heterocycles. The molecule has 1 rings (SSSR count). The van der Waals surface area contributed by atoms with Gasteiger partial charge in [-0.05, 0) is 19.8 Å². The van der Waals surface area contributed by atoms with Gasteiger partial charge in [-0.2, -0.15) is 0 Å². The summed E-state index contributed by atoms with van der Waals surface area (Å²) in [5, 5.41) is 0. The summed E-state index contributed by atoms with van der Waals surface area (Å²) in [4.78, 5) is 4.46. The molecule has 0 atom stereocenters. The zero-order valence-electron chi connectivity index (χ0n) is 8.09. The molecule has 0 unspecified atom stereocenters. The van der Waals surface area contributed by atoms with E-state index in [4.69, 9.17) is 0 Å². The Bertz CT molecular complexity index is 284. The van der Waals surface area contributed by atoms with Gasteiger partial charge in [-0.3, -0.25) is 0 Å². The summed E-state index contributed by atoms with van der Waals surface area (Å²) >= 11 is 0. The lowest BCUT2D eigenvalue weighted by Gasteiger charge is -2.01. The van der Waals surface area contributed by atoms with Crippen molar-refractivity contribution in [1.82, 2.24) is 9.55 Å². The van der Waals surface area contributed by atoms with Crippen LogP contribution in [-0.2, 0) is 12.8 Å². The SMILES string of the molecule is C=Cn1c(C)nc(CC)c1CC. The first-order valence-electron chi connectivity index (χ1n) is 4.43. The highest BCUT2D eigenvalue weighted by atomic mass is 15.1. The highest BCUT2D eigenvalue weighted by Crippen LogP contribution is 2.12. The van der Waals surface area contributed by atoms with Crippen molar-refractivity contribution in [3.63, 3.8) is 0 Å². The molecule has 0 saturated heterocycles. The first-order valence-corrected chi connectivity index (χ1v) is 4.43. The molecular weight excluding hydrogens is 148 g/mol. The number of hydrogen-bond acceptors (Lipinski definition) is 1. The zero-order chi connectivity index (χ0) is 9.14. The van der Waals surface area contributed by atoms with Crippen LogP contribution in [0.1, 0.15) is 31.1 Å². The second kappa shape index (κ2) is 3.57. The monoisotopic (exact) mass is 164 g/mol. The summed E-state index contributed by atoms with van der Waals surface area (Å²) in [6.45, 7) is 10.1. The van der Waals surface area contributed by atoms with Crippen LogP contribution >= 0.6 is 0 Å². The minimum Gasteiger partial charge on any atom is -0.308 e. The molecule has 12 heavy (non-hydrogen) atoms. The first-order chi connectivity index (χ1) is 5.74. The molecule has 0 radical (unpaired) electrons. The lowest BCUT2D eigenvalue weighted by atomic mass is 10.2.